The summed E-state index contributed by atoms with van der Waals surface area (Å²) in [5, 5.41) is 0. The Hall–Kier alpha value is 16.8. The number of rotatable bonds is 18. The average molecular weight is 1250 g/mol. The van der Waals surface area contributed by atoms with E-state index in [2.05, 4.69) is 179 Å². The van der Waals surface area contributed by atoms with Crippen LogP contribution in [-0.2, 0) is 0 Å². The third-order valence-electron chi connectivity index (χ3n) is 3.27. The molecule has 0 bridgehead atoms. The van der Waals surface area contributed by atoms with E-state index in [0.717, 1.165) is 7.96 Å². The molecule has 39 heavy (non-hydrogen) atoms. The molecule has 0 aliphatic carbocycles. The normalized spacial score (nSPS) is 16.0. The summed E-state index contributed by atoms with van der Waals surface area (Å²) in [6.45, 7) is -1.90. The molecule has 0 N–H and O–H groups in total. The Balaban J connectivity index is 8.23. The fraction of sp³-hybridized carbons (Fsp3) is 0. The van der Waals surface area contributed by atoms with Crippen molar-refractivity contribution in [2.75, 3.05) is 0 Å². The molecule has 0 heterocycles. The Bertz CT molecular complexity index is 502. The van der Waals surface area contributed by atoms with Gasteiger partial charge in [0, 0.05) is 0 Å². The molecule has 2 radical (unpaired) electrons. The van der Waals surface area contributed by atoms with Crippen LogP contribution in [0.4, 0.5) is 0 Å². The molecule has 25 unspecified atom stereocenters. The van der Waals surface area contributed by atoms with E-state index in [0.29, 0.717) is 0 Å². The van der Waals surface area contributed by atoms with E-state index in [9.17, 15) is 0 Å². The van der Waals surface area contributed by atoms with Crippen molar-refractivity contribution in [2.45, 2.75) is 0 Å². The summed E-state index contributed by atoms with van der Waals surface area (Å²) in [5.74, 6) is 0. The fourth-order valence-corrected chi connectivity index (χ4v) is 530. The maximum Gasteiger partial charge on any atom is -0.000158 e. The highest BCUT2D eigenvalue weighted by Crippen LogP contribution is 3.42. The average Bonchev–Trinajstić information content (AvgIpc) is 2.73. The van der Waals surface area contributed by atoms with E-state index in [1.165, 1.54) is 0 Å². The van der Waals surface area contributed by atoms with E-state index in [1.54, 1.807) is 0 Å². The molecular formula is H39P39. The van der Waals surface area contributed by atoms with Gasteiger partial charge in [-0.2, -0.15) is 0 Å². The molecule has 0 fully saturated rings. The maximum atomic E-state index is 4.38. The van der Waals surface area contributed by atoms with Gasteiger partial charge in [0.05, 0.1) is 0 Å². The van der Waals surface area contributed by atoms with Gasteiger partial charge in [0.2, 0.25) is 0 Å². The molecule has 0 amide bonds. The minimum absolute atomic E-state index is 0.0502. The van der Waals surface area contributed by atoms with Crippen molar-refractivity contribution in [3.63, 3.8) is 0 Å². The highest BCUT2D eigenvalue weighted by molar-refractivity contribution is 9.48. The Morgan fingerprint density at radius 2 is 0.513 bits per heavy atom. The van der Waals surface area contributed by atoms with Crippen LogP contribution >= 0.6 is 312 Å². The summed E-state index contributed by atoms with van der Waals surface area (Å²) in [4.78, 5) is 0. The summed E-state index contributed by atoms with van der Waals surface area (Å²) in [6.07, 6.45) is 0. The highest BCUT2D eigenvalue weighted by atomic mass is 33.5. The van der Waals surface area contributed by atoms with Crippen LogP contribution in [0.5, 0.6) is 0 Å². The fourth-order valence-electron chi connectivity index (χ4n) is 2.18. The van der Waals surface area contributed by atoms with Crippen LogP contribution < -0.4 is 0 Å². The molecule has 0 saturated carbocycles. The summed E-state index contributed by atoms with van der Waals surface area (Å²) in [5.41, 5.74) is 0. The van der Waals surface area contributed by atoms with Crippen molar-refractivity contribution >= 4 is 312 Å². The van der Waals surface area contributed by atoms with Crippen LogP contribution in [0.1, 0.15) is 0 Å². The third-order valence-corrected chi connectivity index (χ3v) is 265. The van der Waals surface area contributed by atoms with E-state index in [1.807, 2.05) is 0 Å². The topological polar surface area (TPSA) is 0 Å². The van der Waals surface area contributed by atoms with Crippen LogP contribution in [0.25, 0.3) is 0 Å². The van der Waals surface area contributed by atoms with Gasteiger partial charge in [-0.1, -0.05) is 25.8 Å². The van der Waals surface area contributed by atoms with Crippen LogP contribution in [0, 0.1) is 0 Å². The van der Waals surface area contributed by atoms with E-state index < -0.39 is 0 Å². The Labute approximate surface area is 308 Å². The molecule has 0 aliphatic heterocycles. The molecule has 25 atom stereocenters. The predicted molar refractivity (Wildman–Crippen MR) is 324 cm³/mol. The second kappa shape index (κ2) is 30.7. The lowest BCUT2D eigenvalue weighted by atomic mass is 28.4. The zero-order chi connectivity index (χ0) is 31.1. The van der Waals surface area contributed by atoms with Crippen LogP contribution in [0.3, 0.4) is 0 Å². The number of hydrogen-bond donors (Lipinski definition) is 0. The number of hydrogen-bond acceptors (Lipinski definition) is 0. The van der Waals surface area contributed by atoms with Gasteiger partial charge in [0.15, 0.2) is 0 Å². The molecule has 0 nitrogen and oxygen atoms in total. The Kier molecular flexibility index (Phi) is 44.0. The molecule has 0 aromatic carbocycles. The monoisotopic (exact) mass is 1250 g/mol. The summed E-state index contributed by atoms with van der Waals surface area (Å²) < 4.78 is 0. The van der Waals surface area contributed by atoms with Gasteiger partial charge < -0.3 is 0 Å². The first-order valence-corrected chi connectivity index (χ1v) is 78.7. The zero-order valence-corrected chi connectivity index (χ0v) is 59.8. The molecule has 0 spiro atoms. The van der Waals surface area contributed by atoms with Gasteiger partial charge in [0.25, 0.3) is 0 Å². The second-order valence-corrected chi connectivity index (χ2v) is 162. The van der Waals surface area contributed by atoms with E-state index >= 15 is 0 Å². The molecule has 39 heteroatoms. The largest absolute Gasteiger partial charge is 0.102 e. The van der Waals surface area contributed by atoms with Crippen LogP contribution in [0.15, 0.2) is 0 Å². The quantitative estimate of drug-likeness (QED) is 0.120. The molecule has 0 aromatic rings. The lowest BCUT2D eigenvalue weighted by Gasteiger charge is -2.55. The first-order chi connectivity index (χ1) is 17.8. The molecule has 0 aliphatic rings. The van der Waals surface area contributed by atoms with Gasteiger partial charge in [-0.25, -0.2) is 0 Å². The highest BCUT2D eigenvalue weighted by Gasteiger charge is 2.54. The second-order valence-electron chi connectivity index (χ2n) is 5.99. The van der Waals surface area contributed by atoms with Gasteiger partial charge >= 0.3 is 0 Å². The first kappa shape index (κ1) is 55.8. The van der Waals surface area contributed by atoms with Crippen LogP contribution in [-0.4, -0.2) is 0 Å². The van der Waals surface area contributed by atoms with Crippen molar-refractivity contribution in [1.82, 2.24) is 0 Å². The van der Waals surface area contributed by atoms with E-state index in [4.69, 9.17) is 0 Å². The lowest BCUT2D eigenvalue weighted by Crippen LogP contribution is -1.68. The van der Waals surface area contributed by atoms with Crippen LogP contribution in [0.2, 0.25) is 0 Å². The van der Waals surface area contributed by atoms with Gasteiger partial charge in [-0.15, -0.1) is 161 Å². The van der Waals surface area contributed by atoms with E-state index in [-0.39, 0.29) is 126 Å². The standard InChI is InChI=1S/H39P39/c1-21-31(20)36(30(18)19)39(37(32(22(2)3)23(4)5)33(24(6)7)25(8)9)38(34(26(10)11)27(12)13)35(28(14)15)29(16)17/h1-2,21H,3-20H2. The first-order valence-electron chi connectivity index (χ1n) is 8.74. The van der Waals surface area contributed by atoms with Gasteiger partial charge in [0.1, 0.15) is 0 Å². The smallest absolute Gasteiger partial charge is 0.000158 e. The lowest BCUT2D eigenvalue weighted by molar-refractivity contribution is 4.38. The van der Waals surface area contributed by atoms with Crippen molar-refractivity contribution in [2.24, 2.45) is 0 Å². The van der Waals surface area contributed by atoms with Crippen molar-refractivity contribution < 1.29 is 0 Å². The summed E-state index contributed by atoms with van der Waals surface area (Å²) >= 11 is 0. The molecule has 0 aromatic heterocycles. The molecule has 0 rings (SSSR count). The predicted octanol–water partition coefficient (Wildman–Crippen LogP) is 23.1. The van der Waals surface area contributed by atoms with Gasteiger partial charge in [-0.3, -0.25) is 0 Å². The Morgan fingerprint density at radius 1 is 0.308 bits per heavy atom. The zero-order valence-electron chi connectivity index (χ0n) is 19.9. The minimum atomic E-state index is -0.232. The van der Waals surface area contributed by atoms with Crippen molar-refractivity contribution in [3.8, 4) is 0 Å². The summed E-state index contributed by atoms with van der Waals surface area (Å²) in [6, 6.07) is 0. The van der Waals surface area contributed by atoms with Gasteiger partial charge in [-0.05, 0) is 126 Å². The minimum Gasteiger partial charge on any atom is -0.102 e. The summed E-state index contributed by atoms with van der Waals surface area (Å²) in [7, 11) is 70.2. The van der Waals surface area contributed by atoms with Crippen molar-refractivity contribution in [1.29, 1.82) is 0 Å². The SMILES string of the molecule is [PH]PP(P)P(P(P)P)P(P(P(P([PH])P)P(P)P)P(P(P)P)P(P)P)P(P(P(P)P)P(P)P)P(P(P)P)P(P)P. The molecule has 234 valence electrons. The third kappa shape index (κ3) is 20.3. The Morgan fingerprint density at radius 3 is 0.692 bits per heavy atom. The molecular weight excluding hydrogens is 1210 g/mol. The van der Waals surface area contributed by atoms with Crippen molar-refractivity contribution in [3.05, 3.63) is 0 Å². The molecule has 0 saturated heterocycles. The maximum absolute atomic E-state index is 4.38.